The van der Waals surface area contributed by atoms with E-state index < -0.39 is 11.4 Å². The average molecular weight is 568 g/mol. The van der Waals surface area contributed by atoms with E-state index in [1.54, 1.807) is 21.7 Å². The minimum Gasteiger partial charge on any atom is -0.457 e. The molecule has 0 atom stereocenters. The van der Waals surface area contributed by atoms with Gasteiger partial charge < -0.3 is 19.7 Å². The molecule has 0 unspecified atom stereocenters. The van der Waals surface area contributed by atoms with Gasteiger partial charge in [-0.3, -0.25) is 4.98 Å². The molecule has 42 heavy (non-hydrogen) atoms. The van der Waals surface area contributed by atoms with E-state index in [2.05, 4.69) is 20.4 Å². The number of amides is 1. The van der Waals surface area contributed by atoms with Gasteiger partial charge in [-0.05, 0) is 81.7 Å². The van der Waals surface area contributed by atoms with Gasteiger partial charge in [0.1, 0.15) is 34.6 Å². The van der Waals surface area contributed by atoms with Gasteiger partial charge in [0.15, 0.2) is 11.5 Å². The summed E-state index contributed by atoms with van der Waals surface area (Å²) < 4.78 is 28.4. The first-order chi connectivity index (χ1) is 20.1. The van der Waals surface area contributed by atoms with Crippen LogP contribution < -0.4 is 10.1 Å². The SMILES string of the molecule is Cc1cc(Nc2c(F)cnc3ccc(C4=CCN(C(=O)OC(C)(C)C)CC4)nc23)ccc1Oc1ccn2ncnc2c1. The minimum atomic E-state index is -0.555. The van der Waals surface area contributed by atoms with E-state index >= 15 is 4.39 Å². The van der Waals surface area contributed by atoms with Crippen molar-refractivity contribution in [1.29, 1.82) is 0 Å². The molecule has 5 aromatic rings. The van der Waals surface area contributed by atoms with E-state index in [9.17, 15) is 4.79 Å². The Hall–Kier alpha value is -5.06. The number of carbonyl (C=O) groups is 1. The fourth-order valence-corrected chi connectivity index (χ4v) is 4.71. The zero-order valence-electron chi connectivity index (χ0n) is 23.8. The molecule has 214 valence electrons. The Bertz CT molecular complexity index is 1840. The first-order valence-electron chi connectivity index (χ1n) is 13.6. The second kappa shape index (κ2) is 10.7. The predicted molar refractivity (Wildman–Crippen MR) is 157 cm³/mol. The minimum absolute atomic E-state index is 0.235. The van der Waals surface area contributed by atoms with Crippen molar-refractivity contribution in [2.24, 2.45) is 0 Å². The van der Waals surface area contributed by atoms with Crippen LogP contribution in [0, 0.1) is 12.7 Å². The molecule has 5 heterocycles. The molecule has 1 N–H and O–H groups in total. The molecule has 10 nitrogen and oxygen atoms in total. The van der Waals surface area contributed by atoms with Crippen molar-refractivity contribution in [3.05, 3.63) is 84.3 Å². The lowest BCUT2D eigenvalue weighted by atomic mass is 10.0. The highest BCUT2D eigenvalue weighted by Crippen LogP contribution is 2.33. The molecular formula is C31H30FN7O3. The summed E-state index contributed by atoms with van der Waals surface area (Å²) in [7, 11) is 0. The molecule has 0 fully saturated rings. The summed E-state index contributed by atoms with van der Waals surface area (Å²) in [5.41, 5.74) is 4.57. The quantitative estimate of drug-likeness (QED) is 0.251. The van der Waals surface area contributed by atoms with Crippen molar-refractivity contribution in [1.82, 2.24) is 29.5 Å². The monoisotopic (exact) mass is 567 g/mol. The van der Waals surface area contributed by atoms with E-state index in [1.165, 1.54) is 12.5 Å². The molecule has 1 aromatic carbocycles. The van der Waals surface area contributed by atoms with Crippen LogP contribution in [-0.4, -0.2) is 54.2 Å². The van der Waals surface area contributed by atoms with Crippen molar-refractivity contribution >= 4 is 39.7 Å². The first-order valence-corrected chi connectivity index (χ1v) is 13.6. The zero-order chi connectivity index (χ0) is 29.4. The van der Waals surface area contributed by atoms with Gasteiger partial charge in [0.2, 0.25) is 0 Å². The number of ether oxygens (including phenoxy) is 2. The first kappa shape index (κ1) is 27.1. The van der Waals surface area contributed by atoms with Gasteiger partial charge in [0.25, 0.3) is 0 Å². The number of halogens is 1. The van der Waals surface area contributed by atoms with Crippen LogP contribution in [0.15, 0.2) is 67.3 Å². The van der Waals surface area contributed by atoms with Gasteiger partial charge in [-0.2, -0.15) is 5.10 Å². The van der Waals surface area contributed by atoms with Gasteiger partial charge in [0, 0.05) is 31.0 Å². The number of anilines is 2. The van der Waals surface area contributed by atoms with Crippen LogP contribution in [0.4, 0.5) is 20.6 Å². The largest absolute Gasteiger partial charge is 0.457 e. The highest BCUT2D eigenvalue weighted by atomic mass is 19.1. The van der Waals surface area contributed by atoms with Gasteiger partial charge in [0.05, 0.1) is 17.4 Å². The van der Waals surface area contributed by atoms with Crippen molar-refractivity contribution < 1.29 is 18.7 Å². The number of benzene rings is 1. The molecule has 0 saturated heterocycles. The summed E-state index contributed by atoms with van der Waals surface area (Å²) in [5, 5.41) is 7.29. The molecule has 1 amide bonds. The van der Waals surface area contributed by atoms with E-state index in [0.717, 1.165) is 11.1 Å². The summed E-state index contributed by atoms with van der Waals surface area (Å²) in [6.45, 7) is 8.38. The molecule has 4 aromatic heterocycles. The molecule has 0 radical (unpaired) electrons. The number of nitrogens with zero attached hydrogens (tertiary/aromatic N) is 6. The van der Waals surface area contributed by atoms with E-state index in [1.807, 2.05) is 70.2 Å². The van der Waals surface area contributed by atoms with E-state index in [0.29, 0.717) is 59.1 Å². The third kappa shape index (κ3) is 5.71. The third-order valence-electron chi connectivity index (χ3n) is 6.78. The second-order valence-electron chi connectivity index (χ2n) is 11.1. The molecule has 11 heteroatoms. The van der Waals surface area contributed by atoms with Crippen LogP contribution in [0.2, 0.25) is 0 Å². The van der Waals surface area contributed by atoms with Crippen LogP contribution in [0.1, 0.15) is 38.4 Å². The number of rotatable bonds is 5. The van der Waals surface area contributed by atoms with E-state index in [-0.39, 0.29) is 11.8 Å². The number of carbonyl (C=O) groups excluding carboxylic acids is 1. The van der Waals surface area contributed by atoms with Crippen LogP contribution in [0.5, 0.6) is 11.5 Å². The van der Waals surface area contributed by atoms with Crippen molar-refractivity contribution in [2.45, 2.75) is 39.7 Å². The van der Waals surface area contributed by atoms with Crippen LogP contribution in [0.25, 0.3) is 22.3 Å². The molecule has 0 bridgehead atoms. The molecule has 6 rings (SSSR count). The van der Waals surface area contributed by atoms with Gasteiger partial charge in [-0.25, -0.2) is 23.7 Å². The number of fused-ring (bicyclic) bond motifs is 2. The predicted octanol–water partition coefficient (Wildman–Crippen LogP) is 6.68. The van der Waals surface area contributed by atoms with Crippen LogP contribution >= 0.6 is 0 Å². The van der Waals surface area contributed by atoms with Crippen molar-refractivity contribution in [3.63, 3.8) is 0 Å². The highest BCUT2D eigenvalue weighted by molar-refractivity contribution is 5.91. The lowest BCUT2D eigenvalue weighted by Crippen LogP contribution is -2.39. The zero-order valence-corrected chi connectivity index (χ0v) is 23.8. The van der Waals surface area contributed by atoms with Gasteiger partial charge >= 0.3 is 6.09 Å². The van der Waals surface area contributed by atoms with E-state index in [4.69, 9.17) is 14.5 Å². The summed E-state index contributed by atoms with van der Waals surface area (Å²) >= 11 is 0. The molecule has 0 aliphatic carbocycles. The maximum Gasteiger partial charge on any atom is 0.410 e. The Balaban J connectivity index is 1.23. The highest BCUT2D eigenvalue weighted by Gasteiger charge is 2.24. The Morgan fingerprint density at radius 1 is 1.10 bits per heavy atom. The summed E-state index contributed by atoms with van der Waals surface area (Å²) in [4.78, 5) is 27.3. The number of aryl methyl sites for hydroxylation is 1. The lowest BCUT2D eigenvalue weighted by Gasteiger charge is -2.29. The second-order valence-corrected chi connectivity index (χ2v) is 11.1. The van der Waals surface area contributed by atoms with Crippen molar-refractivity contribution in [2.75, 3.05) is 18.4 Å². The van der Waals surface area contributed by atoms with Gasteiger partial charge in [-0.15, -0.1) is 0 Å². The number of aromatic nitrogens is 5. The standard InChI is InChI=1S/C31H30FN7O3/c1-19-15-21(5-8-26(19)41-22-11-14-39-27(16-22)34-18-35-39)36-28-23(32)17-33-25-7-6-24(37-29(25)28)20-9-12-38(13-10-20)30(40)42-31(2,3)4/h5-9,11,14-18H,10,12-13H2,1-4H3,(H,33,36). The van der Waals surface area contributed by atoms with Crippen LogP contribution in [-0.2, 0) is 4.74 Å². The van der Waals surface area contributed by atoms with Gasteiger partial charge in [-0.1, -0.05) is 6.08 Å². The molecule has 0 saturated carbocycles. The topological polar surface area (TPSA) is 107 Å². The Morgan fingerprint density at radius 3 is 2.71 bits per heavy atom. The van der Waals surface area contributed by atoms with Crippen molar-refractivity contribution in [3.8, 4) is 11.5 Å². The third-order valence-corrected chi connectivity index (χ3v) is 6.78. The van der Waals surface area contributed by atoms with Crippen LogP contribution in [0.3, 0.4) is 0 Å². The Kier molecular flexibility index (Phi) is 6.93. The number of hydrogen-bond donors (Lipinski definition) is 1. The summed E-state index contributed by atoms with van der Waals surface area (Å²) in [6.07, 6.45) is 6.68. The smallest absolute Gasteiger partial charge is 0.410 e. The summed E-state index contributed by atoms with van der Waals surface area (Å²) in [5.74, 6) is 0.781. The Morgan fingerprint density at radius 2 is 1.95 bits per heavy atom. The molecule has 1 aliphatic heterocycles. The number of nitrogens with one attached hydrogen (secondary N) is 1. The average Bonchev–Trinajstić information content (AvgIpc) is 3.43. The molecule has 0 spiro atoms. The fraction of sp³-hybridized carbons (Fsp3) is 0.258. The number of pyridine rings is 3. The maximum absolute atomic E-state index is 15.1. The normalized spacial score (nSPS) is 13.7. The lowest BCUT2D eigenvalue weighted by molar-refractivity contribution is 0.0270. The number of hydrogen-bond acceptors (Lipinski definition) is 8. The fourth-order valence-electron chi connectivity index (χ4n) is 4.71. The molecule has 1 aliphatic rings. The summed E-state index contributed by atoms with van der Waals surface area (Å²) in [6, 6.07) is 12.9. The molecular weight excluding hydrogens is 537 g/mol. The maximum atomic E-state index is 15.1. The Labute approximate surface area is 241 Å².